The fourth-order valence-corrected chi connectivity index (χ4v) is 3.44. The van der Waals surface area contributed by atoms with E-state index >= 15 is 0 Å². The number of benzene rings is 1. The van der Waals surface area contributed by atoms with Crippen LogP contribution in [0.5, 0.6) is 0 Å². The van der Waals surface area contributed by atoms with Gasteiger partial charge in [-0.05, 0) is 72.1 Å². The molecule has 0 saturated carbocycles. The molecule has 28 heavy (non-hydrogen) atoms. The van der Waals surface area contributed by atoms with Crippen molar-refractivity contribution in [3.8, 4) is 0 Å². The smallest absolute Gasteiger partial charge is 0.410 e. The van der Waals surface area contributed by atoms with Crippen LogP contribution in [0.2, 0.25) is 5.02 Å². The van der Waals surface area contributed by atoms with Crippen LogP contribution >= 0.6 is 11.6 Å². The van der Waals surface area contributed by atoms with Gasteiger partial charge < -0.3 is 20.3 Å². The molecule has 1 saturated heterocycles. The molecule has 1 aromatic carbocycles. The van der Waals surface area contributed by atoms with Crippen LogP contribution in [0, 0.1) is 0 Å². The zero-order chi connectivity index (χ0) is 20.9. The maximum absolute atomic E-state index is 12.3. The van der Waals surface area contributed by atoms with Gasteiger partial charge in [-0.25, -0.2) is 4.79 Å². The SMILES string of the molecule is CC(C)(C)NCC(NC1CCN(C(=O)OC(C)(C)C)CC1)c1cccc(Cl)c1. The van der Waals surface area contributed by atoms with Crippen molar-refractivity contribution in [3.05, 3.63) is 34.9 Å². The third-order valence-corrected chi connectivity index (χ3v) is 4.91. The van der Waals surface area contributed by atoms with Gasteiger partial charge in [0.05, 0.1) is 0 Å². The lowest BCUT2D eigenvalue weighted by molar-refractivity contribution is 0.0195. The standard InChI is InChI=1S/C22H36ClN3O2/c1-21(2,3)24-15-19(16-8-7-9-17(23)14-16)25-18-10-12-26(13-11-18)20(27)28-22(4,5)6/h7-9,14,18-19,24-25H,10-13,15H2,1-6H3. The Kier molecular flexibility index (Phi) is 7.77. The van der Waals surface area contributed by atoms with Crippen molar-refractivity contribution in [1.82, 2.24) is 15.5 Å². The Morgan fingerprint density at radius 1 is 1.21 bits per heavy atom. The summed E-state index contributed by atoms with van der Waals surface area (Å²) < 4.78 is 5.49. The van der Waals surface area contributed by atoms with Crippen LogP contribution in [0.1, 0.15) is 66.0 Å². The van der Waals surface area contributed by atoms with Crippen LogP contribution in [0.3, 0.4) is 0 Å². The molecule has 1 aliphatic heterocycles. The average Bonchev–Trinajstić information content (AvgIpc) is 2.57. The van der Waals surface area contributed by atoms with Gasteiger partial charge in [0.15, 0.2) is 0 Å². The number of amides is 1. The van der Waals surface area contributed by atoms with Crippen molar-refractivity contribution in [3.63, 3.8) is 0 Å². The summed E-state index contributed by atoms with van der Waals surface area (Å²) in [4.78, 5) is 14.1. The number of hydrogen-bond donors (Lipinski definition) is 2. The molecule has 1 aliphatic rings. The van der Waals surface area contributed by atoms with Crippen LogP contribution in [-0.4, -0.2) is 47.8 Å². The highest BCUT2D eigenvalue weighted by Gasteiger charge is 2.28. The molecule has 2 N–H and O–H groups in total. The summed E-state index contributed by atoms with van der Waals surface area (Å²) in [5.74, 6) is 0. The maximum Gasteiger partial charge on any atom is 0.410 e. The fourth-order valence-electron chi connectivity index (χ4n) is 3.24. The topological polar surface area (TPSA) is 53.6 Å². The van der Waals surface area contributed by atoms with Gasteiger partial charge in [0, 0.05) is 42.3 Å². The molecule has 0 spiro atoms. The quantitative estimate of drug-likeness (QED) is 0.736. The lowest BCUT2D eigenvalue weighted by atomic mass is 9.99. The number of nitrogens with one attached hydrogen (secondary N) is 2. The first-order chi connectivity index (χ1) is 12.9. The first kappa shape index (κ1) is 23.0. The van der Waals surface area contributed by atoms with Crippen LogP contribution in [0.25, 0.3) is 0 Å². The summed E-state index contributed by atoms with van der Waals surface area (Å²) in [6.07, 6.45) is 1.60. The Labute approximate surface area is 175 Å². The molecule has 0 radical (unpaired) electrons. The number of hydrogen-bond acceptors (Lipinski definition) is 4. The van der Waals surface area contributed by atoms with Gasteiger partial charge in [-0.1, -0.05) is 23.7 Å². The molecule has 2 rings (SSSR count). The number of piperidine rings is 1. The number of rotatable bonds is 5. The zero-order valence-corrected chi connectivity index (χ0v) is 18.9. The van der Waals surface area contributed by atoms with E-state index in [2.05, 4.69) is 37.5 Å². The van der Waals surface area contributed by atoms with E-state index in [-0.39, 0.29) is 17.7 Å². The number of carbonyl (C=O) groups excluding carboxylic acids is 1. The Hall–Kier alpha value is -1.30. The summed E-state index contributed by atoms with van der Waals surface area (Å²) in [7, 11) is 0. The van der Waals surface area contributed by atoms with E-state index in [1.807, 2.05) is 43.9 Å². The normalized spacial score (nSPS) is 17.5. The van der Waals surface area contributed by atoms with Crippen LogP contribution in [-0.2, 0) is 4.74 Å². The van der Waals surface area contributed by atoms with E-state index in [0.717, 1.165) is 24.4 Å². The molecule has 1 unspecified atom stereocenters. The Morgan fingerprint density at radius 3 is 2.39 bits per heavy atom. The molecule has 1 aromatic rings. The predicted octanol–water partition coefficient (Wildman–Crippen LogP) is 4.76. The molecule has 1 fully saturated rings. The number of nitrogens with zero attached hydrogens (tertiary/aromatic N) is 1. The van der Waals surface area contributed by atoms with Crippen LogP contribution in [0.15, 0.2) is 24.3 Å². The highest BCUT2D eigenvalue weighted by molar-refractivity contribution is 6.30. The van der Waals surface area contributed by atoms with Crippen molar-refractivity contribution in [2.45, 2.75) is 77.6 Å². The monoisotopic (exact) mass is 409 g/mol. The minimum Gasteiger partial charge on any atom is -0.444 e. The van der Waals surface area contributed by atoms with Gasteiger partial charge >= 0.3 is 6.09 Å². The molecular formula is C22H36ClN3O2. The van der Waals surface area contributed by atoms with Crippen LogP contribution in [0.4, 0.5) is 4.79 Å². The number of halogens is 1. The van der Waals surface area contributed by atoms with Crippen molar-refractivity contribution < 1.29 is 9.53 Å². The molecule has 1 amide bonds. The summed E-state index contributed by atoms with van der Waals surface area (Å²) >= 11 is 6.22. The molecule has 0 aliphatic carbocycles. The third-order valence-electron chi connectivity index (χ3n) is 4.67. The summed E-state index contributed by atoms with van der Waals surface area (Å²) in [5.41, 5.74) is 0.764. The number of ether oxygens (including phenoxy) is 1. The van der Waals surface area contributed by atoms with E-state index in [1.165, 1.54) is 5.56 Å². The summed E-state index contributed by atoms with van der Waals surface area (Å²) in [6, 6.07) is 8.55. The highest BCUT2D eigenvalue weighted by atomic mass is 35.5. The molecule has 6 heteroatoms. The number of carbonyl (C=O) groups is 1. The van der Waals surface area contributed by atoms with Gasteiger partial charge in [-0.15, -0.1) is 0 Å². The van der Waals surface area contributed by atoms with Crippen molar-refractivity contribution >= 4 is 17.7 Å². The van der Waals surface area contributed by atoms with E-state index < -0.39 is 5.60 Å². The highest BCUT2D eigenvalue weighted by Crippen LogP contribution is 2.22. The second-order valence-electron chi connectivity index (χ2n) is 9.65. The van der Waals surface area contributed by atoms with E-state index in [0.29, 0.717) is 19.1 Å². The lowest BCUT2D eigenvalue weighted by Gasteiger charge is -2.36. The van der Waals surface area contributed by atoms with Crippen molar-refractivity contribution in [1.29, 1.82) is 0 Å². The molecule has 1 heterocycles. The maximum atomic E-state index is 12.3. The predicted molar refractivity (Wildman–Crippen MR) is 116 cm³/mol. The van der Waals surface area contributed by atoms with Crippen molar-refractivity contribution in [2.75, 3.05) is 19.6 Å². The molecule has 158 valence electrons. The second-order valence-corrected chi connectivity index (χ2v) is 10.1. The van der Waals surface area contributed by atoms with Gasteiger partial charge in [-0.2, -0.15) is 0 Å². The van der Waals surface area contributed by atoms with E-state index in [1.54, 1.807) is 0 Å². The van der Waals surface area contributed by atoms with Gasteiger partial charge in [-0.3, -0.25) is 0 Å². The third kappa shape index (κ3) is 7.98. The Morgan fingerprint density at radius 2 is 1.86 bits per heavy atom. The Bertz CT molecular complexity index is 644. The van der Waals surface area contributed by atoms with Crippen LogP contribution < -0.4 is 10.6 Å². The zero-order valence-electron chi connectivity index (χ0n) is 18.1. The largest absolute Gasteiger partial charge is 0.444 e. The summed E-state index contributed by atoms with van der Waals surface area (Å²) in [5, 5.41) is 8.12. The minimum absolute atomic E-state index is 0.0403. The van der Waals surface area contributed by atoms with Crippen molar-refractivity contribution in [2.24, 2.45) is 0 Å². The van der Waals surface area contributed by atoms with Gasteiger partial charge in [0.1, 0.15) is 5.60 Å². The second kappa shape index (κ2) is 9.47. The molecule has 0 bridgehead atoms. The Balaban J connectivity index is 1.96. The van der Waals surface area contributed by atoms with E-state index in [4.69, 9.17) is 16.3 Å². The lowest BCUT2D eigenvalue weighted by Crippen LogP contribution is -2.49. The average molecular weight is 410 g/mol. The minimum atomic E-state index is -0.456. The molecular weight excluding hydrogens is 374 g/mol. The number of likely N-dealkylation sites (tertiary alicyclic amines) is 1. The van der Waals surface area contributed by atoms with Gasteiger partial charge in [0.25, 0.3) is 0 Å². The fraction of sp³-hybridized carbons (Fsp3) is 0.682. The molecule has 1 atom stereocenters. The summed E-state index contributed by atoms with van der Waals surface area (Å²) in [6.45, 7) is 14.4. The van der Waals surface area contributed by atoms with Gasteiger partial charge in [0.2, 0.25) is 0 Å². The first-order valence-electron chi connectivity index (χ1n) is 10.2. The molecule has 5 nitrogen and oxygen atoms in total. The van der Waals surface area contributed by atoms with E-state index in [9.17, 15) is 4.79 Å². The molecule has 0 aromatic heterocycles. The first-order valence-corrected chi connectivity index (χ1v) is 10.6.